The van der Waals surface area contributed by atoms with E-state index in [0.29, 0.717) is 0 Å². The third kappa shape index (κ3) is 1.79. The molecular formula is C12H13NO. The van der Waals surface area contributed by atoms with Crippen LogP contribution in [0.25, 0.3) is 0 Å². The highest BCUT2D eigenvalue weighted by Crippen LogP contribution is 2.29. The minimum absolute atomic E-state index is 0.109. The maximum atomic E-state index is 10.8. The summed E-state index contributed by atoms with van der Waals surface area (Å²) in [5, 5.41) is 2.78. The van der Waals surface area contributed by atoms with E-state index in [0.717, 1.165) is 19.3 Å². The molecule has 0 heterocycles. The van der Waals surface area contributed by atoms with Gasteiger partial charge in [-0.05, 0) is 30.4 Å². The van der Waals surface area contributed by atoms with Gasteiger partial charge in [0.05, 0.1) is 13.0 Å². The van der Waals surface area contributed by atoms with Gasteiger partial charge in [0.15, 0.2) is 0 Å². The van der Waals surface area contributed by atoms with Crippen molar-refractivity contribution < 1.29 is 4.79 Å². The van der Waals surface area contributed by atoms with E-state index >= 15 is 0 Å². The van der Waals surface area contributed by atoms with Crippen LogP contribution in [0.5, 0.6) is 0 Å². The maximum Gasteiger partial charge on any atom is 0.225 e. The SMILES string of the molecule is [CH]C(=O)NC1CCCc2ccccc21. The van der Waals surface area contributed by atoms with Crippen LogP contribution >= 0.6 is 0 Å². The van der Waals surface area contributed by atoms with Gasteiger partial charge in [-0.25, -0.2) is 0 Å². The number of amides is 1. The Bertz CT molecular complexity index is 346. The predicted molar refractivity (Wildman–Crippen MR) is 54.6 cm³/mol. The van der Waals surface area contributed by atoms with Crippen LogP contribution < -0.4 is 5.32 Å². The van der Waals surface area contributed by atoms with Crippen molar-refractivity contribution in [3.63, 3.8) is 0 Å². The molecule has 1 aromatic rings. The van der Waals surface area contributed by atoms with Crippen LogP contribution in [0.15, 0.2) is 24.3 Å². The first-order valence-electron chi connectivity index (χ1n) is 4.91. The minimum Gasteiger partial charge on any atom is -0.349 e. The molecule has 0 spiro atoms. The third-order valence-corrected chi connectivity index (χ3v) is 2.69. The second-order valence-electron chi connectivity index (χ2n) is 3.65. The Morgan fingerprint density at radius 3 is 3.00 bits per heavy atom. The molecule has 0 saturated carbocycles. The Morgan fingerprint density at radius 1 is 1.43 bits per heavy atom. The fourth-order valence-corrected chi connectivity index (χ4v) is 2.08. The van der Waals surface area contributed by atoms with Crippen LogP contribution in [0.4, 0.5) is 0 Å². The van der Waals surface area contributed by atoms with Crippen molar-refractivity contribution in [2.75, 3.05) is 0 Å². The van der Waals surface area contributed by atoms with Gasteiger partial charge in [0.2, 0.25) is 5.91 Å². The predicted octanol–water partition coefficient (Wildman–Crippen LogP) is 1.89. The first kappa shape index (κ1) is 9.25. The zero-order valence-electron chi connectivity index (χ0n) is 7.99. The number of hydrogen-bond donors (Lipinski definition) is 1. The average molecular weight is 187 g/mol. The van der Waals surface area contributed by atoms with E-state index in [4.69, 9.17) is 6.92 Å². The largest absolute Gasteiger partial charge is 0.349 e. The highest BCUT2D eigenvalue weighted by Gasteiger charge is 2.19. The molecule has 1 aliphatic rings. The van der Waals surface area contributed by atoms with E-state index in [9.17, 15) is 4.79 Å². The van der Waals surface area contributed by atoms with Crippen LogP contribution in [0, 0.1) is 6.92 Å². The molecular weight excluding hydrogens is 174 g/mol. The van der Waals surface area contributed by atoms with E-state index in [1.165, 1.54) is 11.1 Å². The van der Waals surface area contributed by atoms with Crippen LogP contribution in [-0.2, 0) is 11.2 Å². The topological polar surface area (TPSA) is 29.1 Å². The Kier molecular flexibility index (Phi) is 2.53. The molecule has 1 aromatic carbocycles. The molecule has 1 N–H and O–H groups in total. The van der Waals surface area contributed by atoms with Gasteiger partial charge >= 0.3 is 0 Å². The van der Waals surface area contributed by atoms with Crippen LogP contribution in [0.2, 0.25) is 0 Å². The fraction of sp³-hybridized carbons (Fsp3) is 0.333. The molecule has 2 nitrogen and oxygen atoms in total. The number of aryl methyl sites for hydroxylation is 1. The number of rotatable bonds is 1. The molecule has 0 aromatic heterocycles. The molecule has 2 radical (unpaired) electrons. The summed E-state index contributed by atoms with van der Waals surface area (Å²) in [5.74, 6) is -0.438. The van der Waals surface area contributed by atoms with Gasteiger partial charge in [0.1, 0.15) is 0 Å². The maximum absolute atomic E-state index is 10.8. The molecule has 0 bridgehead atoms. The summed E-state index contributed by atoms with van der Waals surface area (Å²) in [4.78, 5) is 10.8. The van der Waals surface area contributed by atoms with Crippen molar-refractivity contribution in [1.29, 1.82) is 0 Å². The molecule has 14 heavy (non-hydrogen) atoms. The zero-order valence-corrected chi connectivity index (χ0v) is 7.99. The first-order chi connectivity index (χ1) is 6.77. The molecule has 72 valence electrons. The normalized spacial score (nSPS) is 19.9. The Hall–Kier alpha value is -1.31. The second kappa shape index (κ2) is 3.82. The number of benzene rings is 1. The summed E-state index contributed by atoms with van der Waals surface area (Å²) in [5.41, 5.74) is 2.55. The van der Waals surface area contributed by atoms with E-state index in [2.05, 4.69) is 17.4 Å². The lowest BCUT2D eigenvalue weighted by molar-refractivity contribution is -0.117. The molecule has 1 atom stereocenters. The number of hydrogen-bond acceptors (Lipinski definition) is 1. The lowest BCUT2D eigenvalue weighted by Crippen LogP contribution is -2.28. The van der Waals surface area contributed by atoms with Crippen molar-refractivity contribution in [2.45, 2.75) is 25.3 Å². The smallest absolute Gasteiger partial charge is 0.225 e. The van der Waals surface area contributed by atoms with Crippen molar-refractivity contribution in [1.82, 2.24) is 5.32 Å². The van der Waals surface area contributed by atoms with Crippen molar-refractivity contribution >= 4 is 5.91 Å². The molecule has 2 rings (SSSR count). The molecule has 1 amide bonds. The van der Waals surface area contributed by atoms with E-state index in [1.54, 1.807) is 0 Å². The summed E-state index contributed by atoms with van der Waals surface area (Å²) >= 11 is 0. The number of carbonyl (C=O) groups excluding carboxylic acids is 1. The molecule has 0 fully saturated rings. The average Bonchev–Trinajstić information content (AvgIpc) is 2.18. The summed E-state index contributed by atoms with van der Waals surface area (Å²) in [6, 6.07) is 8.32. The van der Waals surface area contributed by atoms with Crippen LogP contribution in [0.3, 0.4) is 0 Å². The van der Waals surface area contributed by atoms with Crippen molar-refractivity contribution in [2.24, 2.45) is 0 Å². The molecule has 1 aliphatic carbocycles. The molecule has 2 heteroatoms. The highest BCUT2D eigenvalue weighted by molar-refractivity contribution is 5.80. The Balaban J connectivity index is 2.26. The summed E-state index contributed by atoms with van der Waals surface area (Å²) in [7, 11) is 0. The number of nitrogens with one attached hydrogen (secondary N) is 1. The van der Waals surface area contributed by atoms with Gasteiger partial charge < -0.3 is 5.32 Å². The standard InChI is InChI=1S/C12H13NO/c1-9(14)13-12-8-4-6-10-5-2-3-7-11(10)12/h1-3,5,7,12H,4,6,8H2,(H,13,14). The van der Waals surface area contributed by atoms with Gasteiger partial charge in [-0.2, -0.15) is 0 Å². The number of carbonyl (C=O) groups is 1. The van der Waals surface area contributed by atoms with Gasteiger partial charge in [-0.15, -0.1) is 0 Å². The molecule has 0 aliphatic heterocycles. The van der Waals surface area contributed by atoms with E-state index in [-0.39, 0.29) is 6.04 Å². The van der Waals surface area contributed by atoms with Gasteiger partial charge in [0, 0.05) is 0 Å². The monoisotopic (exact) mass is 187 g/mol. The highest BCUT2D eigenvalue weighted by atomic mass is 16.1. The number of fused-ring (bicyclic) bond motifs is 1. The van der Waals surface area contributed by atoms with Crippen LogP contribution in [-0.4, -0.2) is 5.91 Å². The van der Waals surface area contributed by atoms with Crippen LogP contribution in [0.1, 0.15) is 30.0 Å². The third-order valence-electron chi connectivity index (χ3n) is 2.69. The summed E-state index contributed by atoms with van der Waals surface area (Å²) in [6.45, 7) is 5.13. The minimum atomic E-state index is -0.438. The van der Waals surface area contributed by atoms with Gasteiger partial charge in [0.25, 0.3) is 0 Å². The lowest BCUT2D eigenvalue weighted by Gasteiger charge is -2.25. The van der Waals surface area contributed by atoms with E-state index in [1.807, 2.05) is 12.1 Å². The lowest BCUT2D eigenvalue weighted by atomic mass is 9.88. The first-order valence-corrected chi connectivity index (χ1v) is 4.91. The van der Waals surface area contributed by atoms with E-state index < -0.39 is 5.91 Å². The Labute approximate surface area is 84.3 Å². The Morgan fingerprint density at radius 2 is 2.21 bits per heavy atom. The van der Waals surface area contributed by atoms with Crippen molar-refractivity contribution in [3.8, 4) is 0 Å². The zero-order chi connectivity index (χ0) is 9.97. The molecule has 1 unspecified atom stereocenters. The van der Waals surface area contributed by atoms with Crippen molar-refractivity contribution in [3.05, 3.63) is 42.3 Å². The fourth-order valence-electron chi connectivity index (χ4n) is 2.08. The van der Waals surface area contributed by atoms with Gasteiger partial charge in [-0.1, -0.05) is 24.3 Å². The molecule has 0 saturated heterocycles. The second-order valence-corrected chi connectivity index (χ2v) is 3.65. The summed E-state index contributed by atoms with van der Waals surface area (Å²) < 4.78 is 0. The van der Waals surface area contributed by atoms with Gasteiger partial charge in [-0.3, -0.25) is 4.79 Å². The quantitative estimate of drug-likeness (QED) is 0.714. The summed E-state index contributed by atoms with van der Waals surface area (Å²) in [6.07, 6.45) is 3.20.